The maximum atomic E-state index is 12.7. The van der Waals surface area contributed by atoms with Crippen molar-refractivity contribution in [1.82, 2.24) is 0 Å². The molecule has 0 fully saturated rings. The molecule has 0 aromatic heterocycles. The Morgan fingerprint density at radius 2 is 2.23 bits per heavy atom. The number of benzene rings is 1. The molecule has 1 aromatic rings. The van der Waals surface area contributed by atoms with Gasteiger partial charge in [0, 0.05) is 21.2 Å². The van der Waals surface area contributed by atoms with Crippen LogP contribution in [0, 0.1) is 5.82 Å². The molecule has 0 aliphatic carbocycles. The Labute approximate surface area is 93.3 Å². The van der Waals surface area contributed by atoms with E-state index in [1.54, 1.807) is 6.07 Å². The summed E-state index contributed by atoms with van der Waals surface area (Å²) in [5.41, 5.74) is 0.849. The molecule has 0 unspecified atom stereocenters. The molecule has 0 radical (unpaired) electrons. The van der Waals surface area contributed by atoms with Gasteiger partial charge in [0.1, 0.15) is 5.82 Å². The summed E-state index contributed by atoms with van der Waals surface area (Å²) in [5, 5.41) is 3.08. The fourth-order valence-corrected chi connectivity index (χ4v) is 1.46. The van der Waals surface area contributed by atoms with Gasteiger partial charge >= 0.3 is 0 Å². The standard InChI is InChI=1S/C9H8Br2FN/c1-6(10)5-13-9-3-2-7(12)4-8(9)11/h2-4,13H,1,5H2. The normalized spacial score (nSPS) is 9.77. The van der Waals surface area contributed by atoms with Crippen molar-refractivity contribution in [3.05, 3.63) is 39.6 Å². The molecule has 0 aliphatic rings. The second kappa shape index (κ2) is 4.77. The molecule has 0 amide bonds. The number of nitrogens with one attached hydrogen (secondary N) is 1. The first-order valence-electron chi connectivity index (χ1n) is 3.62. The highest BCUT2D eigenvalue weighted by Gasteiger charge is 2.00. The molecule has 4 heteroatoms. The summed E-state index contributed by atoms with van der Waals surface area (Å²) >= 11 is 6.47. The quantitative estimate of drug-likeness (QED) is 0.893. The van der Waals surface area contributed by atoms with Gasteiger partial charge < -0.3 is 5.32 Å². The average Bonchev–Trinajstić information content (AvgIpc) is 2.02. The first-order valence-corrected chi connectivity index (χ1v) is 5.20. The molecule has 0 heterocycles. The lowest BCUT2D eigenvalue weighted by molar-refractivity contribution is 0.627. The van der Waals surface area contributed by atoms with Crippen LogP contribution in [0.5, 0.6) is 0 Å². The summed E-state index contributed by atoms with van der Waals surface area (Å²) < 4.78 is 14.2. The second-order valence-electron chi connectivity index (χ2n) is 2.49. The van der Waals surface area contributed by atoms with E-state index < -0.39 is 0 Å². The number of anilines is 1. The van der Waals surface area contributed by atoms with Crippen LogP contribution in [-0.4, -0.2) is 6.54 Å². The lowest BCUT2D eigenvalue weighted by Gasteiger charge is -2.06. The van der Waals surface area contributed by atoms with Gasteiger partial charge in [-0.1, -0.05) is 22.5 Å². The molecule has 0 spiro atoms. The maximum absolute atomic E-state index is 12.7. The van der Waals surface area contributed by atoms with Crippen molar-refractivity contribution in [1.29, 1.82) is 0 Å². The third kappa shape index (κ3) is 3.48. The molecule has 0 aliphatic heterocycles. The van der Waals surface area contributed by atoms with Crippen LogP contribution in [0.1, 0.15) is 0 Å². The minimum Gasteiger partial charge on any atom is -0.380 e. The van der Waals surface area contributed by atoms with Gasteiger partial charge in [0.05, 0.1) is 0 Å². The minimum atomic E-state index is -0.255. The summed E-state index contributed by atoms with van der Waals surface area (Å²) in [6, 6.07) is 4.50. The first kappa shape index (κ1) is 10.7. The van der Waals surface area contributed by atoms with Crippen LogP contribution in [0.25, 0.3) is 0 Å². The average molecular weight is 309 g/mol. The van der Waals surface area contributed by atoms with Crippen molar-refractivity contribution < 1.29 is 4.39 Å². The van der Waals surface area contributed by atoms with Crippen LogP contribution in [-0.2, 0) is 0 Å². The zero-order valence-corrected chi connectivity index (χ0v) is 9.95. The molecule has 13 heavy (non-hydrogen) atoms. The smallest absolute Gasteiger partial charge is 0.124 e. The lowest BCUT2D eigenvalue weighted by Crippen LogP contribution is -2.01. The number of rotatable bonds is 3. The lowest BCUT2D eigenvalue weighted by atomic mass is 10.3. The van der Waals surface area contributed by atoms with Crippen molar-refractivity contribution >= 4 is 37.5 Å². The van der Waals surface area contributed by atoms with E-state index in [4.69, 9.17) is 0 Å². The van der Waals surface area contributed by atoms with Crippen LogP contribution >= 0.6 is 31.9 Å². The van der Waals surface area contributed by atoms with E-state index in [0.29, 0.717) is 11.0 Å². The van der Waals surface area contributed by atoms with E-state index in [0.717, 1.165) is 10.2 Å². The highest BCUT2D eigenvalue weighted by Crippen LogP contribution is 2.23. The summed E-state index contributed by atoms with van der Waals surface area (Å²) in [5.74, 6) is -0.255. The number of hydrogen-bond acceptors (Lipinski definition) is 1. The van der Waals surface area contributed by atoms with E-state index in [-0.39, 0.29) is 5.82 Å². The predicted octanol–water partition coefficient (Wildman–Crippen LogP) is 3.91. The van der Waals surface area contributed by atoms with Crippen LogP contribution < -0.4 is 5.32 Å². The van der Waals surface area contributed by atoms with E-state index in [9.17, 15) is 4.39 Å². The Morgan fingerprint density at radius 1 is 1.54 bits per heavy atom. The van der Waals surface area contributed by atoms with Crippen molar-refractivity contribution in [2.75, 3.05) is 11.9 Å². The van der Waals surface area contributed by atoms with E-state index in [2.05, 4.69) is 43.8 Å². The molecule has 0 saturated carbocycles. The van der Waals surface area contributed by atoms with E-state index in [1.165, 1.54) is 12.1 Å². The Balaban J connectivity index is 2.72. The van der Waals surface area contributed by atoms with Crippen molar-refractivity contribution in [2.24, 2.45) is 0 Å². The summed E-state index contributed by atoms with van der Waals surface area (Å²) in [7, 11) is 0. The van der Waals surface area contributed by atoms with Crippen molar-refractivity contribution in [2.45, 2.75) is 0 Å². The SMILES string of the molecule is C=C(Br)CNc1ccc(F)cc1Br. The molecule has 1 rings (SSSR count). The van der Waals surface area contributed by atoms with Crippen molar-refractivity contribution in [3.63, 3.8) is 0 Å². The molecular weight excluding hydrogens is 301 g/mol. The second-order valence-corrected chi connectivity index (χ2v) is 4.47. The largest absolute Gasteiger partial charge is 0.380 e. The number of halogens is 3. The van der Waals surface area contributed by atoms with Crippen LogP contribution in [0.2, 0.25) is 0 Å². The van der Waals surface area contributed by atoms with Gasteiger partial charge in [-0.15, -0.1) is 0 Å². The Hall–Kier alpha value is -0.350. The summed E-state index contributed by atoms with van der Waals surface area (Å²) in [6.45, 7) is 4.30. The molecule has 1 N–H and O–H groups in total. The maximum Gasteiger partial charge on any atom is 0.124 e. The molecule has 70 valence electrons. The fraction of sp³-hybridized carbons (Fsp3) is 0.111. The fourth-order valence-electron chi connectivity index (χ4n) is 0.824. The Kier molecular flexibility index (Phi) is 3.93. The van der Waals surface area contributed by atoms with Gasteiger partial charge in [0.2, 0.25) is 0 Å². The van der Waals surface area contributed by atoms with Crippen LogP contribution in [0.15, 0.2) is 33.7 Å². The Bertz CT molecular complexity index is 325. The zero-order chi connectivity index (χ0) is 9.84. The third-order valence-corrected chi connectivity index (χ3v) is 2.34. The number of hydrogen-bond donors (Lipinski definition) is 1. The van der Waals surface area contributed by atoms with Crippen LogP contribution in [0.4, 0.5) is 10.1 Å². The third-order valence-electron chi connectivity index (χ3n) is 1.40. The molecule has 0 saturated heterocycles. The molecular formula is C9H8Br2FN. The van der Waals surface area contributed by atoms with Crippen molar-refractivity contribution in [3.8, 4) is 0 Å². The van der Waals surface area contributed by atoms with Gasteiger partial charge in [-0.25, -0.2) is 4.39 Å². The highest BCUT2D eigenvalue weighted by atomic mass is 79.9. The first-order chi connectivity index (χ1) is 6.09. The predicted molar refractivity (Wildman–Crippen MR) is 60.7 cm³/mol. The van der Waals surface area contributed by atoms with E-state index in [1.807, 2.05) is 0 Å². The zero-order valence-electron chi connectivity index (χ0n) is 6.78. The molecule has 0 bridgehead atoms. The van der Waals surface area contributed by atoms with Gasteiger partial charge in [0.25, 0.3) is 0 Å². The van der Waals surface area contributed by atoms with Gasteiger partial charge in [-0.3, -0.25) is 0 Å². The van der Waals surface area contributed by atoms with E-state index >= 15 is 0 Å². The van der Waals surface area contributed by atoms with Gasteiger partial charge in [0.15, 0.2) is 0 Å². The summed E-state index contributed by atoms with van der Waals surface area (Å²) in [6.07, 6.45) is 0. The van der Waals surface area contributed by atoms with Crippen LogP contribution in [0.3, 0.4) is 0 Å². The van der Waals surface area contributed by atoms with Gasteiger partial charge in [-0.2, -0.15) is 0 Å². The molecule has 1 aromatic carbocycles. The summed E-state index contributed by atoms with van der Waals surface area (Å²) in [4.78, 5) is 0. The highest BCUT2D eigenvalue weighted by molar-refractivity contribution is 9.11. The topological polar surface area (TPSA) is 12.0 Å². The molecule has 0 atom stereocenters. The minimum absolute atomic E-state index is 0.255. The molecule has 1 nitrogen and oxygen atoms in total. The monoisotopic (exact) mass is 307 g/mol. The Morgan fingerprint density at radius 3 is 2.77 bits per heavy atom. The van der Waals surface area contributed by atoms with Gasteiger partial charge in [-0.05, 0) is 34.1 Å².